The first-order valence-electron chi connectivity index (χ1n) is 6.30. The molecule has 0 aromatic heterocycles. The van der Waals surface area contributed by atoms with Crippen LogP contribution >= 0.6 is 0 Å². The van der Waals surface area contributed by atoms with Gasteiger partial charge >= 0.3 is 6.03 Å². The van der Waals surface area contributed by atoms with Gasteiger partial charge in [0.2, 0.25) is 5.91 Å². The van der Waals surface area contributed by atoms with Crippen LogP contribution in [0.15, 0.2) is 24.3 Å². The molecule has 102 valence electrons. The lowest BCUT2D eigenvalue weighted by Gasteiger charge is -2.20. The summed E-state index contributed by atoms with van der Waals surface area (Å²) in [6.45, 7) is 1.95. The van der Waals surface area contributed by atoms with Crippen LogP contribution in [0.3, 0.4) is 0 Å². The second-order valence-electron chi connectivity index (χ2n) is 4.42. The second-order valence-corrected chi connectivity index (χ2v) is 4.42. The highest BCUT2D eigenvalue weighted by molar-refractivity contribution is 5.90. The lowest BCUT2D eigenvalue weighted by atomic mass is 10.2. The molecule has 4 N–H and O–H groups in total. The van der Waals surface area contributed by atoms with Crippen molar-refractivity contribution in [1.29, 1.82) is 0 Å². The highest BCUT2D eigenvalue weighted by Crippen LogP contribution is 2.10. The SMILES string of the molecule is NCc1ccc(NC(=O)N2CCNC(=O)CC2)cc1. The van der Waals surface area contributed by atoms with Crippen LogP contribution in [0.2, 0.25) is 0 Å². The predicted octanol–water partition coefficient (Wildman–Crippen LogP) is 0.499. The van der Waals surface area contributed by atoms with E-state index in [2.05, 4.69) is 10.6 Å². The zero-order chi connectivity index (χ0) is 13.7. The number of rotatable bonds is 2. The number of nitrogens with two attached hydrogens (primary N) is 1. The van der Waals surface area contributed by atoms with Crippen molar-refractivity contribution >= 4 is 17.6 Å². The van der Waals surface area contributed by atoms with E-state index in [0.717, 1.165) is 11.3 Å². The number of carbonyl (C=O) groups is 2. The Bertz CT molecular complexity index is 458. The fraction of sp³-hybridized carbons (Fsp3) is 0.385. The van der Waals surface area contributed by atoms with E-state index in [-0.39, 0.29) is 11.9 Å². The van der Waals surface area contributed by atoms with Crippen LogP contribution in [0, 0.1) is 0 Å². The fourth-order valence-electron chi connectivity index (χ4n) is 1.90. The maximum Gasteiger partial charge on any atom is 0.321 e. The van der Waals surface area contributed by atoms with E-state index in [1.54, 1.807) is 4.90 Å². The molecule has 1 aromatic carbocycles. The third-order valence-corrected chi connectivity index (χ3v) is 3.04. The summed E-state index contributed by atoms with van der Waals surface area (Å²) in [6.07, 6.45) is 0.347. The van der Waals surface area contributed by atoms with E-state index in [4.69, 9.17) is 5.73 Å². The van der Waals surface area contributed by atoms with Crippen LogP contribution in [0.4, 0.5) is 10.5 Å². The summed E-state index contributed by atoms with van der Waals surface area (Å²) >= 11 is 0. The van der Waals surface area contributed by atoms with Crippen molar-refractivity contribution in [2.45, 2.75) is 13.0 Å². The smallest absolute Gasteiger partial charge is 0.321 e. The maximum atomic E-state index is 12.0. The molecule has 1 aromatic rings. The number of anilines is 1. The molecular weight excluding hydrogens is 244 g/mol. The minimum absolute atomic E-state index is 0.0115. The van der Waals surface area contributed by atoms with Crippen molar-refractivity contribution in [2.24, 2.45) is 5.73 Å². The van der Waals surface area contributed by atoms with Crippen LogP contribution in [0.5, 0.6) is 0 Å². The molecule has 6 nitrogen and oxygen atoms in total. The summed E-state index contributed by atoms with van der Waals surface area (Å²) < 4.78 is 0. The van der Waals surface area contributed by atoms with Crippen molar-refractivity contribution < 1.29 is 9.59 Å². The molecule has 1 heterocycles. The monoisotopic (exact) mass is 262 g/mol. The molecule has 0 saturated carbocycles. The fourth-order valence-corrected chi connectivity index (χ4v) is 1.90. The summed E-state index contributed by atoms with van der Waals surface area (Å²) in [6, 6.07) is 7.21. The highest BCUT2D eigenvalue weighted by atomic mass is 16.2. The van der Waals surface area contributed by atoms with Crippen LogP contribution < -0.4 is 16.4 Å². The van der Waals surface area contributed by atoms with Gasteiger partial charge < -0.3 is 21.3 Å². The molecule has 1 aliphatic heterocycles. The van der Waals surface area contributed by atoms with Crippen LogP contribution in [-0.2, 0) is 11.3 Å². The normalized spacial score (nSPS) is 15.6. The van der Waals surface area contributed by atoms with Crippen molar-refractivity contribution in [3.63, 3.8) is 0 Å². The third-order valence-electron chi connectivity index (χ3n) is 3.04. The summed E-state index contributed by atoms with van der Waals surface area (Å²) in [5.74, 6) is -0.0115. The largest absolute Gasteiger partial charge is 0.354 e. The number of hydrogen-bond donors (Lipinski definition) is 3. The van der Waals surface area contributed by atoms with Gasteiger partial charge in [-0.05, 0) is 17.7 Å². The molecule has 3 amide bonds. The Balaban J connectivity index is 1.93. The first-order chi connectivity index (χ1) is 9.19. The van der Waals surface area contributed by atoms with Crippen molar-refractivity contribution in [1.82, 2.24) is 10.2 Å². The van der Waals surface area contributed by atoms with Crippen LogP contribution in [-0.4, -0.2) is 36.5 Å². The molecule has 0 aliphatic carbocycles. The second kappa shape index (κ2) is 6.19. The van der Waals surface area contributed by atoms with Gasteiger partial charge in [0.25, 0.3) is 0 Å². The molecule has 0 radical (unpaired) electrons. The van der Waals surface area contributed by atoms with Gasteiger partial charge in [0.15, 0.2) is 0 Å². The van der Waals surface area contributed by atoms with Gasteiger partial charge in [-0.15, -0.1) is 0 Å². The number of nitrogens with one attached hydrogen (secondary N) is 2. The molecule has 0 bridgehead atoms. The molecule has 6 heteroatoms. The van der Waals surface area contributed by atoms with Gasteiger partial charge in [0.1, 0.15) is 0 Å². The third kappa shape index (κ3) is 3.69. The molecule has 1 saturated heterocycles. The number of carbonyl (C=O) groups excluding carboxylic acids is 2. The van der Waals surface area contributed by atoms with Crippen LogP contribution in [0.25, 0.3) is 0 Å². The lowest BCUT2D eigenvalue weighted by molar-refractivity contribution is -0.120. The van der Waals surface area contributed by atoms with Crippen molar-refractivity contribution in [2.75, 3.05) is 25.0 Å². The van der Waals surface area contributed by atoms with Gasteiger partial charge in [0.05, 0.1) is 0 Å². The molecule has 2 rings (SSSR count). The Kier molecular flexibility index (Phi) is 4.35. The number of benzene rings is 1. The Morgan fingerprint density at radius 2 is 2.05 bits per heavy atom. The van der Waals surface area contributed by atoms with Gasteiger partial charge in [-0.1, -0.05) is 12.1 Å². The first-order valence-corrected chi connectivity index (χ1v) is 6.30. The van der Waals surface area contributed by atoms with Gasteiger partial charge in [-0.25, -0.2) is 4.79 Å². The quantitative estimate of drug-likeness (QED) is 0.725. The number of nitrogens with zero attached hydrogens (tertiary/aromatic N) is 1. The number of amides is 3. The zero-order valence-electron chi connectivity index (χ0n) is 10.7. The predicted molar refractivity (Wildman–Crippen MR) is 72.6 cm³/mol. The average molecular weight is 262 g/mol. The zero-order valence-corrected chi connectivity index (χ0v) is 10.7. The topological polar surface area (TPSA) is 87.5 Å². The van der Waals surface area contributed by atoms with Crippen LogP contribution in [0.1, 0.15) is 12.0 Å². The van der Waals surface area contributed by atoms with E-state index in [1.165, 1.54) is 0 Å². The number of hydrogen-bond acceptors (Lipinski definition) is 3. The summed E-state index contributed by atoms with van der Waals surface area (Å²) in [7, 11) is 0. The molecular formula is C13H18N4O2. The standard InChI is InChI=1S/C13H18N4O2/c14-9-10-1-3-11(4-2-10)16-13(19)17-7-5-12(18)15-6-8-17/h1-4H,5-9,14H2,(H,15,18)(H,16,19). The van der Waals surface area contributed by atoms with E-state index >= 15 is 0 Å². The van der Waals surface area contributed by atoms with E-state index in [1.807, 2.05) is 24.3 Å². The van der Waals surface area contributed by atoms with Crippen molar-refractivity contribution in [3.05, 3.63) is 29.8 Å². The van der Waals surface area contributed by atoms with Gasteiger partial charge in [-0.2, -0.15) is 0 Å². The molecule has 0 spiro atoms. The summed E-state index contributed by atoms with van der Waals surface area (Å²) in [4.78, 5) is 24.9. The summed E-state index contributed by atoms with van der Waals surface area (Å²) in [5, 5.41) is 5.55. The Morgan fingerprint density at radius 1 is 1.32 bits per heavy atom. The Hall–Kier alpha value is -2.08. The molecule has 1 aliphatic rings. The first kappa shape index (κ1) is 13.4. The van der Waals surface area contributed by atoms with E-state index < -0.39 is 0 Å². The summed E-state index contributed by atoms with van der Waals surface area (Å²) in [5.41, 5.74) is 7.26. The molecule has 0 unspecified atom stereocenters. The average Bonchev–Trinajstić information content (AvgIpc) is 2.64. The van der Waals surface area contributed by atoms with Gasteiger partial charge in [0, 0.05) is 38.3 Å². The molecule has 19 heavy (non-hydrogen) atoms. The Morgan fingerprint density at radius 3 is 2.74 bits per heavy atom. The minimum Gasteiger partial charge on any atom is -0.354 e. The minimum atomic E-state index is -0.183. The number of urea groups is 1. The van der Waals surface area contributed by atoms with E-state index in [0.29, 0.717) is 32.6 Å². The maximum absolute atomic E-state index is 12.0. The molecule has 1 fully saturated rings. The Labute approximate surface area is 112 Å². The highest BCUT2D eigenvalue weighted by Gasteiger charge is 2.18. The van der Waals surface area contributed by atoms with Crippen molar-refractivity contribution in [3.8, 4) is 0 Å². The van der Waals surface area contributed by atoms with E-state index in [9.17, 15) is 9.59 Å². The lowest BCUT2D eigenvalue weighted by Crippen LogP contribution is -2.37. The van der Waals surface area contributed by atoms with Gasteiger partial charge in [-0.3, -0.25) is 4.79 Å². The molecule has 0 atom stereocenters.